The van der Waals surface area contributed by atoms with E-state index in [1.165, 1.54) is 0 Å². The van der Waals surface area contributed by atoms with Crippen LogP contribution in [0.4, 0.5) is 0 Å². The number of hydrogen-bond donors (Lipinski definition) is 0. The number of aryl methyl sites for hydroxylation is 1. The van der Waals surface area contributed by atoms with Crippen molar-refractivity contribution in [3.63, 3.8) is 0 Å². The second kappa shape index (κ2) is 3.90. The van der Waals surface area contributed by atoms with Gasteiger partial charge >= 0.3 is 0 Å². The van der Waals surface area contributed by atoms with E-state index in [0.717, 1.165) is 36.2 Å². The molecule has 0 bridgehead atoms. The molecule has 0 radical (unpaired) electrons. The zero-order valence-electron chi connectivity index (χ0n) is 9.15. The van der Waals surface area contributed by atoms with Crippen LogP contribution in [0.2, 0.25) is 5.02 Å². The van der Waals surface area contributed by atoms with Gasteiger partial charge in [-0.2, -0.15) is 10.4 Å². The third kappa shape index (κ3) is 1.62. The topological polar surface area (TPSA) is 41.6 Å². The Morgan fingerprint density at radius 1 is 1.24 bits per heavy atom. The summed E-state index contributed by atoms with van der Waals surface area (Å²) in [7, 11) is 0. The predicted molar refractivity (Wildman–Crippen MR) is 65.3 cm³/mol. The van der Waals surface area contributed by atoms with E-state index < -0.39 is 0 Å². The number of nitrogens with zero attached hydrogens (tertiary/aromatic N) is 3. The average Bonchev–Trinajstić information content (AvgIpc) is 2.89. The molecule has 0 N–H and O–H groups in total. The molecule has 17 heavy (non-hydrogen) atoms. The van der Waals surface area contributed by atoms with Gasteiger partial charge in [0.05, 0.1) is 11.4 Å². The SMILES string of the molecule is N#Cc1c2c(nn1-c1ccc(Cl)cc1)CCC2. The quantitative estimate of drug-likeness (QED) is 0.773. The number of rotatable bonds is 1. The molecule has 0 saturated heterocycles. The Hall–Kier alpha value is -1.79. The Morgan fingerprint density at radius 3 is 2.71 bits per heavy atom. The van der Waals surface area contributed by atoms with Crippen molar-refractivity contribution in [2.45, 2.75) is 19.3 Å². The van der Waals surface area contributed by atoms with Crippen LogP contribution in [0.1, 0.15) is 23.4 Å². The van der Waals surface area contributed by atoms with E-state index in [4.69, 9.17) is 11.6 Å². The van der Waals surface area contributed by atoms with Gasteiger partial charge < -0.3 is 0 Å². The molecular formula is C13H10ClN3. The van der Waals surface area contributed by atoms with E-state index in [2.05, 4.69) is 11.2 Å². The van der Waals surface area contributed by atoms with Crippen molar-refractivity contribution < 1.29 is 0 Å². The Bertz CT molecular complexity index is 605. The zero-order chi connectivity index (χ0) is 11.8. The summed E-state index contributed by atoms with van der Waals surface area (Å²) < 4.78 is 1.72. The van der Waals surface area contributed by atoms with Crippen molar-refractivity contribution in [2.75, 3.05) is 0 Å². The van der Waals surface area contributed by atoms with E-state index in [1.807, 2.05) is 24.3 Å². The molecule has 1 aliphatic rings. The molecule has 0 saturated carbocycles. The van der Waals surface area contributed by atoms with Crippen LogP contribution in [-0.2, 0) is 12.8 Å². The van der Waals surface area contributed by atoms with Crippen molar-refractivity contribution in [1.82, 2.24) is 9.78 Å². The maximum Gasteiger partial charge on any atom is 0.147 e. The molecule has 0 aliphatic heterocycles. The molecule has 1 aromatic heterocycles. The van der Waals surface area contributed by atoms with Gasteiger partial charge in [0.2, 0.25) is 0 Å². The second-order valence-corrected chi connectivity index (χ2v) is 4.56. The number of aromatic nitrogens is 2. The van der Waals surface area contributed by atoms with Crippen molar-refractivity contribution >= 4 is 11.6 Å². The highest BCUT2D eigenvalue weighted by Gasteiger charge is 2.22. The van der Waals surface area contributed by atoms with E-state index in [0.29, 0.717) is 10.7 Å². The molecule has 1 heterocycles. The summed E-state index contributed by atoms with van der Waals surface area (Å²) in [6.07, 6.45) is 3.05. The first-order valence-electron chi connectivity index (χ1n) is 5.56. The number of fused-ring (bicyclic) bond motifs is 1. The summed E-state index contributed by atoms with van der Waals surface area (Å²) in [5.74, 6) is 0. The average molecular weight is 244 g/mol. The summed E-state index contributed by atoms with van der Waals surface area (Å²) in [5, 5.41) is 14.5. The van der Waals surface area contributed by atoms with Crippen LogP contribution >= 0.6 is 11.6 Å². The number of hydrogen-bond acceptors (Lipinski definition) is 2. The standard InChI is InChI=1S/C13H10ClN3/c14-9-4-6-10(7-5-9)17-13(8-15)11-2-1-3-12(11)16-17/h4-7H,1-3H2. The van der Waals surface area contributed by atoms with Gasteiger partial charge in [0.25, 0.3) is 0 Å². The lowest BCUT2D eigenvalue weighted by molar-refractivity contribution is 0.792. The molecule has 0 fully saturated rings. The number of halogens is 1. The fourth-order valence-electron chi connectivity index (χ4n) is 2.28. The van der Waals surface area contributed by atoms with Crippen LogP contribution in [-0.4, -0.2) is 9.78 Å². The van der Waals surface area contributed by atoms with Crippen LogP contribution in [0.25, 0.3) is 5.69 Å². The molecule has 0 spiro atoms. The molecule has 84 valence electrons. The molecule has 2 aromatic rings. The van der Waals surface area contributed by atoms with Crippen molar-refractivity contribution in [1.29, 1.82) is 5.26 Å². The molecule has 3 nitrogen and oxygen atoms in total. The summed E-state index contributed by atoms with van der Waals surface area (Å²) in [5.41, 5.74) is 3.74. The summed E-state index contributed by atoms with van der Waals surface area (Å²) in [6, 6.07) is 9.64. The lowest BCUT2D eigenvalue weighted by atomic mass is 10.2. The molecule has 1 aromatic carbocycles. The molecule has 0 atom stereocenters. The van der Waals surface area contributed by atoms with Crippen LogP contribution in [0.3, 0.4) is 0 Å². The molecular weight excluding hydrogens is 234 g/mol. The van der Waals surface area contributed by atoms with Gasteiger partial charge in [-0.05, 0) is 43.5 Å². The third-order valence-electron chi connectivity index (χ3n) is 3.08. The molecule has 0 unspecified atom stereocenters. The monoisotopic (exact) mass is 243 g/mol. The van der Waals surface area contributed by atoms with Gasteiger partial charge in [0.1, 0.15) is 11.8 Å². The summed E-state index contributed by atoms with van der Waals surface area (Å²) >= 11 is 5.85. The van der Waals surface area contributed by atoms with Gasteiger partial charge in [-0.3, -0.25) is 0 Å². The maximum atomic E-state index is 9.25. The van der Waals surface area contributed by atoms with Crippen molar-refractivity contribution in [2.24, 2.45) is 0 Å². The Balaban J connectivity index is 2.16. The molecule has 0 amide bonds. The van der Waals surface area contributed by atoms with Crippen molar-refractivity contribution in [3.05, 3.63) is 46.2 Å². The second-order valence-electron chi connectivity index (χ2n) is 4.13. The Kier molecular flexibility index (Phi) is 2.38. The third-order valence-corrected chi connectivity index (χ3v) is 3.34. The lowest BCUT2D eigenvalue weighted by Crippen LogP contribution is -2.01. The van der Waals surface area contributed by atoms with Crippen LogP contribution < -0.4 is 0 Å². The fraction of sp³-hybridized carbons (Fsp3) is 0.231. The van der Waals surface area contributed by atoms with Gasteiger partial charge in [-0.25, -0.2) is 4.68 Å². The first-order valence-corrected chi connectivity index (χ1v) is 5.94. The van der Waals surface area contributed by atoms with Crippen LogP contribution in [0.5, 0.6) is 0 Å². The van der Waals surface area contributed by atoms with Gasteiger partial charge in [0, 0.05) is 10.6 Å². The summed E-state index contributed by atoms with van der Waals surface area (Å²) in [4.78, 5) is 0. The highest BCUT2D eigenvalue weighted by molar-refractivity contribution is 6.30. The molecule has 3 rings (SSSR count). The minimum Gasteiger partial charge on any atom is -0.222 e. The van der Waals surface area contributed by atoms with E-state index in [1.54, 1.807) is 4.68 Å². The predicted octanol–water partition coefficient (Wildman–Crippen LogP) is 2.89. The largest absolute Gasteiger partial charge is 0.222 e. The smallest absolute Gasteiger partial charge is 0.147 e. The van der Waals surface area contributed by atoms with Crippen LogP contribution in [0.15, 0.2) is 24.3 Å². The summed E-state index contributed by atoms with van der Waals surface area (Å²) in [6.45, 7) is 0. The number of nitriles is 1. The van der Waals surface area contributed by atoms with Crippen molar-refractivity contribution in [3.8, 4) is 11.8 Å². The maximum absolute atomic E-state index is 9.25. The van der Waals surface area contributed by atoms with E-state index in [9.17, 15) is 5.26 Å². The Morgan fingerprint density at radius 2 is 2.00 bits per heavy atom. The van der Waals surface area contributed by atoms with Crippen LogP contribution in [0, 0.1) is 11.3 Å². The van der Waals surface area contributed by atoms with Gasteiger partial charge in [0.15, 0.2) is 0 Å². The zero-order valence-corrected chi connectivity index (χ0v) is 9.91. The fourth-order valence-corrected chi connectivity index (χ4v) is 2.40. The molecule has 4 heteroatoms. The highest BCUT2D eigenvalue weighted by atomic mass is 35.5. The normalized spacial score (nSPS) is 13.4. The number of benzene rings is 1. The first kappa shape index (κ1) is 10.4. The minimum atomic E-state index is 0.667. The lowest BCUT2D eigenvalue weighted by Gasteiger charge is -2.03. The first-order chi connectivity index (χ1) is 8.29. The van der Waals surface area contributed by atoms with Gasteiger partial charge in [-0.1, -0.05) is 11.6 Å². The van der Waals surface area contributed by atoms with E-state index >= 15 is 0 Å². The van der Waals surface area contributed by atoms with E-state index in [-0.39, 0.29) is 0 Å². The highest BCUT2D eigenvalue weighted by Crippen LogP contribution is 2.26. The molecule has 1 aliphatic carbocycles. The van der Waals surface area contributed by atoms with Gasteiger partial charge in [-0.15, -0.1) is 0 Å². The Labute approximate surface area is 104 Å². The minimum absolute atomic E-state index is 0.667.